The number of hydrogen-bond acceptors (Lipinski definition) is 8. The Morgan fingerprint density at radius 3 is 2.59 bits per heavy atom. The SMILES string of the molecule is O=C(CCCOc1ccc2c(c1)N=C(NC(=O)NCc1ccccc1)N(CC(=O)Oc1ccccc1Cl)C2)NC1NCCc2ccccc21. The van der Waals surface area contributed by atoms with E-state index in [1.165, 1.54) is 5.56 Å². The molecule has 0 aromatic heterocycles. The van der Waals surface area contributed by atoms with E-state index in [2.05, 4.69) is 32.3 Å². The van der Waals surface area contributed by atoms with E-state index >= 15 is 0 Å². The standard InChI is InChI=1S/C37H37ClN6O5/c38-30-13-6-7-14-32(30)49-34(46)24-44-23-27-16-17-28(21-31(27)41-36(44)43-37(47)40-22-25-9-2-1-3-10-25)48-20-8-15-33(45)42-35-29-12-5-4-11-26(29)18-19-39-35/h1-7,9-14,16-17,21,35,39H,8,15,18-20,22-24H2,(H,42,45)(H2,40,41,43,47). The Labute approximate surface area is 289 Å². The van der Waals surface area contributed by atoms with Crippen LogP contribution in [0.5, 0.6) is 11.5 Å². The maximum absolute atomic E-state index is 12.9. The van der Waals surface area contributed by atoms with Crippen LogP contribution < -0.4 is 30.7 Å². The van der Waals surface area contributed by atoms with E-state index in [1.54, 1.807) is 35.2 Å². The van der Waals surface area contributed by atoms with Crippen LogP contribution in [0.3, 0.4) is 0 Å². The van der Waals surface area contributed by atoms with Gasteiger partial charge in [0.25, 0.3) is 0 Å². The molecule has 12 heteroatoms. The van der Waals surface area contributed by atoms with Crippen molar-refractivity contribution in [3.63, 3.8) is 0 Å². The maximum atomic E-state index is 12.9. The van der Waals surface area contributed by atoms with Gasteiger partial charge in [-0.2, -0.15) is 0 Å². The molecule has 1 unspecified atom stereocenters. The van der Waals surface area contributed by atoms with Gasteiger partial charge >= 0.3 is 12.0 Å². The zero-order valence-electron chi connectivity index (χ0n) is 26.8. The van der Waals surface area contributed by atoms with Crippen LogP contribution in [0, 0.1) is 0 Å². The van der Waals surface area contributed by atoms with Gasteiger partial charge in [-0.15, -0.1) is 0 Å². The quantitative estimate of drug-likeness (QED) is 0.0952. The summed E-state index contributed by atoms with van der Waals surface area (Å²) >= 11 is 6.18. The predicted molar refractivity (Wildman–Crippen MR) is 187 cm³/mol. The number of esters is 1. The molecule has 4 aromatic carbocycles. The molecular formula is C37H37ClN6O5. The summed E-state index contributed by atoms with van der Waals surface area (Å²) in [5.74, 6) is 0.380. The van der Waals surface area contributed by atoms with Crippen molar-refractivity contribution in [2.24, 2.45) is 4.99 Å². The molecule has 0 bridgehead atoms. The van der Waals surface area contributed by atoms with E-state index in [4.69, 9.17) is 21.1 Å². The average molecular weight is 681 g/mol. The van der Waals surface area contributed by atoms with E-state index in [1.807, 2.05) is 60.7 Å². The maximum Gasteiger partial charge on any atom is 0.331 e. The van der Waals surface area contributed by atoms with Gasteiger partial charge in [-0.05, 0) is 53.3 Å². The number of amides is 3. The van der Waals surface area contributed by atoms with Gasteiger partial charge in [0.1, 0.15) is 24.2 Å². The first-order chi connectivity index (χ1) is 23.9. The molecule has 6 rings (SSSR count). The second kappa shape index (κ2) is 16.1. The first kappa shape index (κ1) is 33.5. The molecule has 0 spiro atoms. The number of aliphatic imine (C=N–C) groups is 1. The second-order valence-corrected chi connectivity index (χ2v) is 12.0. The smallest absolute Gasteiger partial charge is 0.331 e. The Morgan fingerprint density at radius 2 is 1.73 bits per heavy atom. The van der Waals surface area contributed by atoms with Crippen molar-refractivity contribution >= 4 is 41.2 Å². The second-order valence-electron chi connectivity index (χ2n) is 11.6. The number of nitrogens with one attached hydrogen (secondary N) is 4. The topological polar surface area (TPSA) is 133 Å². The highest BCUT2D eigenvalue weighted by atomic mass is 35.5. The lowest BCUT2D eigenvalue weighted by Crippen LogP contribution is -2.50. The predicted octanol–water partition coefficient (Wildman–Crippen LogP) is 5.37. The number of ether oxygens (including phenoxy) is 2. The fourth-order valence-corrected chi connectivity index (χ4v) is 5.80. The van der Waals surface area contributed by atoms with Gasteiger partial charge in [-0.1, -0.05) is 84.4 Å². The summed E-state index contributed by atoms with van der Waals surface area (Å²) in [4.78, 5) is 44.9. The molecule has 0 saturated heterocycles. The number of para-hydroxylation sites is 1. The summed E-state index contributed by atoms with van der Waals surface area (Å²) in [5, 5.41) is 12.4. The van der Waals surface area contributed by atoms with Crippen molar-refractivity contribution < 1.29 is 23.9 Å². The molecular weight excluding hydrogens is 644 g/mol. The molecule has 2 heterocycles. The number of fused-ring (bicyclic) bond motifs is 2. The number of rotatable bonds is 11. The highest BCUT2D eigenvalue weighted by Crippen LogP contribution is 2.31. The Hall–Kier alpha value is -5.39. The minimum absolute atomic E-state index is 0.0535. The number of guanidine groups is 1. The Bertz CT molecular complexity index is 1840. The van der Waals surface area contributed by atoms with Crippen molar-refractivity contribution in [3.8, 4) is 11.5 Å². The third-order valence-corrected chi connectivity index (χ3v) is 8.39. The Kier molecular flexibility index (Phi) is 11.0. The first-order valence-corrected chi connectivity index (χ1v) is 16.5. The van der Waals surface area contributed by atoms with Crippen LogP contribution in [0.1, 0.15) is 41.3 Å². The van der Waals surface area contributed by atoms with Gasteiger partial charge in [-0.3, -0.25) is 15.4 Å². The zero-order chi connectivity index (χ0) is 34.0. The molecule has 49 heavy (non-hydrogen) atoms. The highest BCUT2D eigenvalue weighted by Gasteiger charge is 2.25. The molecule has 2 aliphatic heterocycles. The molecule has 0 saturated carbocycles. The molecule has 0 fully saturated rings. The summed E-state index contributed by atoms with van der Waals surface area (Å²) in [6.07, 6.45) is 1.58. The fourth-order valence-electron chi connectivity index (χ4n) is 5.63. The van der Waals surface area contributed by atoms with Gasteiger partial charge in [0.2, 0.25) is 11.9 Å². The first-order valence-electron chi connectivity index (χ1n) is 16.1. The van der Waals surface area contributed by atoms with Crippen LogP contribution in [0.4, 0.5) is 10.5 Å². The number of carbonyl (C=O) groups is 3. The molecule has 1 atom stereocenters. The van der Waals surface area contributed by atoms with Crippen LogP contribution in [-0.4, -0.2) is 48.5 Å². The monoisotopic (exact) mass is 680 g/mol. The lowest BCUT2D eigenvalue weighted by atomic mass is 9.98. The minimum atomic E-state index is -0.566. The molecule has 11 nitrogen and oxygen atoms in total. The Balaban J connectivity index is 1.07. The van der Waals surface area contributed by atoms with E-state index in [9.17, 15) is 14.4 Å². The Morgan fingerprint density at radius 1 is 0.939 bits per heavy atom. The van der Waals surface area contributed by atoms with Crippen molar-refractivity contribution in [1.82, 2.24) is 26.2 Å². The zero-order valence-corrected chi connectivity index (χ0v) is 27.5. The lowest BCUT2D eigenvalue weighted by Gasteiger charge is -2.29. The average Bonchev–Trinajstić information content (AvgIpc) is 3.11. The van der Waals surface area contributed by atoms with Crippen LogP contribution in [0.2, 0.25) is 5.02 Å². The van der Waals surface area contributed by atoms with Crippen molar-refractivity contribution in [2.45, 2.75) is 38.5 Å². The third-order valence-electron chi connectivity index (χ3n) is 8.08. The summed E-state index contributed by atoms with van der Waals surface area (Å²) in [6.45, 7) is 1.54. The van der Waals surface area contributed by atoms with Crippen molar-refractivity contribution in [1.29, 1.82) is 0 Å². The molecule has 4 N–H and O–H groups in total. The number of benzene rings is 4. The molecule has 252 valence electrons. The summed E-state index contributed by atoms with van der Waals surface area (Å²) in [5.41, 5.74) is 4.70. The molecule has 4 aromatic rings. The van der Waals surface area contributed by atoms with Crippen LogP contribution in [0.15, 0.2) is 102 Å². The third kappa shape index (κ3) is 9.16. The summed E-state index contributed by atoms with van der Waals surface area (Å²) < 4.78 is 11.5. The molecule has 3 amide bonds. The van der Waals surface area contributed by atoms with E-state index < -0.39 is 12.0 Å². The summed E-state index contributed by atoms with van der Waals surface area (Å²) in [7, 11) is 0. The molecule has 0 radical (unpaired) electrons. The number of hydrogen-bond donors (Lipinski definition) is 4. The van der Waals surface area contributed by atoms with Gasteiger partial charge in [-0.25, -0.2) is 14.6 Å². The minimum Gasteiger partial charge on any atom is -0.494 e. The fraction of sp³-hybridized carbons (Fsp3) is 0.243. The van der Waals surface area contributed by atoms with Gasteiger partial charge in [0, 0.05) is 32.1 Å². The summed E-state index contributed by atoms with van der Waals surface area (Å²) in [6, 6.07) is 29.3. The van der Waals surface area contributed by atoms with Gasteiger partial charge in [0.05, 0.1) is 17.3 Å². The van der Waals surface area contributed by atoms with Gasteiger partial charge < -0.3 is 25.0 Å². The van der Waals surface area contributed by atoms with E-state index in [0.717, 1.165) is 29.7 Å². The van der Waals surface area contributed by atoms with E-state index in [-0.39, 0.29) is 36.9 Å². The van der Waals surface area contributed by atoms with Crippen LogP contribution >= 0.6 is 11.6 Å². The largest absolute Gasteiger partial charge is 0.494 e. The molecule has 2 aliphatic rings. The van der Waals surface area contributed by atoms with Crippen molar-refractivity contribution in [2.75, 3.05) is 19.7 Å². The number of halogens is 1. The van der Waals surface area contributed by atoms with Crippen LogP contribution in [-0.2, 0) is 29.1 Å². The molecule has 0 aliphatic carbocycles. The van der Waals surface area contributed by atoms with Crippen molar-refractivity contribution in [3.05, 3.63) is 124 Å². The number of urea groups is 1. The van der Waals surface area contributed by atoms with E-state index in [0.29, 0.717) is 42.5 Å². The number of carbonyl (C=O) groups excluding carboxylic acids is 3. The highest BCUT2D eigenvalue weighted by molar-refractivity contribution is 6.32. The van der Waals surface area contributed by atoms with Gasteiger partial charge in [0.15, 0.2) is 0 Å². The lowest BCUT2D eigenvalue weighted by molar-refractivity contribution is -0.135. The van der Waals surface area contributed by atoms with Crippen LogP contribution in [0.25, 0.3) is 0 Å². The number of nitrogens with zero attached hydrogens (tertiary/aromatic N) is 2. The normalized spacial score (nSPS) is 14.8.